The molecule has 3 heterocycles. The molecular weight excluding hydrogens is 626 g/mol. The number of nitrogens with zero attached hydrogens (tertiary/aromatic N) is 1. The van der Waals surface area contributed by atoms with Gasteiger partial charge in [0.25, 0.3) is 11.8 Å². The normalized spacial score (nSPS) is 15.1. The van der Waals surface area contributed by atoms with Crippen LogP contribution in [-0.2, 0) is 39.0 Å². The lowest BCUT2D eigenvalue weighted by atomic mass is 9.77. The van der Waals surface area contributed by atoms with Crippen molar-refractivity contribution in [3.05, 3.63) is 89.0 Å². The number of hydrogen-bond donors (Lipinski definition) is 4. The molecule has 3 aromatic carbocycles. The van der Waals surface area contributed by atoms with E-state index >= 15 is 0 Å². The van der Waals surface area contributed by atoms with Crippen LogP contribution in [0.15, 0.2) is 66.7 Å². The first-order chi connectivity index (χ1) is 23.2. The quantitative estimate of drug-likeness (QED) is 0.120. The predicted octanol–water partition coefficient (Wildman–Crippen LogP) is 2.46. The summed E-state index contributed by atoms with van der Waals surface area (Å²) in [4.78, 5) is 61.8. The molecule has 0 aromatic heterocycles. The number of phenolic OH excluding ortho intramolecular Hbond substituents is 2. The van der Waals surface area contributed by atoms with Crippen LogP contribution >= 0.6 is 0 Å². The Labute approximate surface area is 273 Å². The molecule has 0 saturated carbocycles. The summed E-state index contributed by atoms with van der Waals surface area (Å²) in [5.41, 5.74) is 0.671. The number of benzene rings is 3. The predicted molar refractivity (Wildman–Crippen MR) is 166 cm³/mol. The Kier molecular flexibility index (Phi) is 9.10. The third kappa shape index (κ3) is 6.43. The van der Waals surface area contributed by atoms with Crippen LogP contribution in [0.2, 0.25) is 0 Å². The van der Waals surface area contributed by atoms with Crippen molar-refractivity contribution in [1.82, 2.24) is 10.2 Å². The van der Waals surface area contributed by atoms with Crippen molar-refractivity contribution in [3.8, 4) is 23.0 Å². The van der Waals surface area contributed by atoms with Crippen LogP contribution in [0.25, 0.3) is 0 Å². The van der Waals surface area contributed by atoms with Crippen molar-refractivity contribution in [2.45, 2.75) is 18.4 Å². The topological polar surface area (TPSA) is 190 Å². The van der Waals surface area contributed by atoms with Gasteiger partial charge < -0.3 is 39.8 Å². The lowest BCUT2D eigenvalue weighted by molar-refractivity contribution is -0.137. The Morgan fingerprint density at radius 1 is 0.750 bits per heavy atom. The van der Waals surface area contributed by atoms with Gasteiger partial charge in [-0.15, -0.1) is 0 Å². The van der Waals surface area contributed by atoms with Gasteiger partial charge in [-0.05, 0) is 42.5 Å². The highest BCUT2D eigenvalue weighted by Crippen LogP contribution is 2.57. The van der Waals surface area contributed by atoms with Crippen LogP contribution < -0.4 is 15.4 Å². The van der Waals surface area contributed by atoms with Gasteiger partial charge in [-0.25, -0.2) is 4.79 Å². The SMILES string of the molecule is O=C(CCN1C(=O)C=CC1=O)NCCOCCOCCC(=O)Nc1ccc2c(c1)C1(OC2=O)c2ccc(O)cc2Oc2cc(O)ccc21. The maximum atomic E-state index is 13.1. The molecule has 0 bridgehead atoms. The van der Waals surface area contributed by atoms with E-state index in [1.165, 1.54) is 36.4 Å². The average Bonchev–Trinajstić information content (AvgIpc) is 3.53. The Hall–Kier alpha value is -5.73. The zero-order valence-corrected chi connectivity index (χ0v) is 25.5. The van der Waals surface area contributed by atoms with Gasteiger partial charge in [-0.1, -0.05) is 0 Å². The van der Waals surface area contributed by atoms with Crippen LogP contribution in [0, 0.1) is 0 Å². The monoisotopic (exact) mass is 657 g/mol. The third-order valence-corrected chi connectivity index (χ3v) is 7.93. The minimum atomic E-state index is -1.45. The van der Waals surface area contributed by atoms with Crippen LogP contribution in [0.3, 0.4) is 0 Å². The molecule has 0 saturated heterocycles. The molecule has 3 aromatic rings. The van der Waals surface area contributed by atoms with Crippen molar-refractivity contribution < 1.29 is 53.1 Å². The molecule has 4 N–H and O–H groups in total. The van der Waals surface area contributed by atoms with Crippen LogP contribution in [0.5, 0.6) is 23.0 Å². The molecule has 0 fully saturated rings. The van der Waals surface area contributed by atoms with Gasteiger partial charge in [0.1, 0.15) is 23.0 Å². The van der Waals surface area contributed by atoms with E-state index in [1.807, 2.05) is 0 Å². The summed E-state index contributed by atoms with van der Waals surface area (Å²) in [6.45, 7) is 1.07. The Morgan fingerprint density at radius 3 is 2.06 bits per heavy atom. The van der Waals surface area contributed by atoms with Crippen molar-refractivity contribution in [1.29, 1.82) is 0 Å². The first-order valence-corrected chi connectivity index (χ1v) is 15.1. The van der Waals surface area contributed by atoms with E-state index in [9.17, 15) is 34.2 Å². The Morgan fingerprint density at radius 2 is 1.40 bits per heavy atom. The van der Waals surface area contributed by atoms with E-state index in [-0.39, 0.29) is 87.2 Å². The van der Waals surface area contributed by atoms with Crippen molar-refractivity contribution in [3.63, 3.8) is 0 Å². The smallest absolute Gasteiger partial charge is 0.340 e. The molecule has 3 aliphatic rings. The van der Waals surface area contributed by atoms with E-state index in [2.05, 4.69) is 10.6 Å². The lowest BCUT2D eigenvalue weighted by Crippen LogP contribution is -2.35. The van der Waals surface area contributed by atoms with E-state index in [1.54, 1.807) is 30.3 Å². The summed E-state index contributed by atoms with van der Waals surface area (Å²) in [6, 6.07) is 13.8. The molecule has 0 aliphatic carbocycles. The number of carbonyl (C=O) groups is 5. The lowest BCUT2D eigenvalue weighted by Gasteiger charge is -2.36. The fraction of sp³-hybridized carbons (Fsp3) is 0.265. The van der Waals surface area contributed by atoms with E-state index in [4.69, 9.17) is 18.9 Å². The molecule has 4 amide bonds. The van der Waals surface area contributed by atoms with Crippen molar-refractivity contribution >= 4 is 35.3 Å². The molecule has 3 aliphatic heterocycles. The van der Waals surface area contributed by atoms with E-state index in [0.29, 0.717) is 27.9 Å². The summed E-state index contributed by atoms with van der Waals surface area (Å²) < 4.78 is 22.9. The minimum Gasteiger partial charge on any atom is -0.508 e. The number of amides is 4. The zero-order chi connectivity index (χ0) is 33.8. The number of esters is 1. The molecule has 0 unspecified atom stereocenters. The van der Waals surface area contributed by atoms with Crippen LogP contribution in [-0.4, -0.2) is 84.2 Å². The van der Waals surface area contributed by atoms with Gasteiger partial charge >= 0.3 is 5.97 Å². The largest absolute Gasteiger partial charge is 0.508 e. The molecule has 1 spiro atoms. The molecular formula is C34H31N3O11. The van der Waals surface area contributed by atoms with E-state index in [0.717, 1.165) is 4.90 Å². The summed E-state index contributed by atoms with van der Waals surface area (Å²) in [5, 5.41) is 25.7. The summed E-state index contributed by atoms with van der Waals surface area (Å²) >= 11 is 0. The number of rotatable bonds is 13. The summed E-state index contributed by atoms with van der Waals surface area (Å²) in [5.74, 6) is -1.70. The number of imide groups is 1. The number of carbonyl (C=O) groups excluding carboxylic acids is 5. The number of anilines is 1. The number of hydrogen-bond acceptors (Lipinski definition) is 11. The van der Waals surface area contributed by atoms with Crippen LogP contribution in [0.4, 0.5) is 5.69 Å². The van der Waals surface area contributed by atoms with Gasteiger partial charge in [0.2, 0.25) is 11.8 Å². The molecule has 14 heteroatoms. The number of ether oxygens (including phenoxy) is 4. The molecule has 0 atom stereocenters. The molecule has 248 valence electrons. The zero-order valence-electron chi connectivity index (χ0n) is 25.5. The van der Waals surface area contributed by atoms with Gasteiger partial charge in [0, 0.05) is 66.2 Å². The second kappa shape index (κ2) is 13.6. The molecule has 0 radical (unpaired) electrons. The third-order valence-electron chi connectivity index (χ3n) is 7.93. The maximum Gasteiger partial charge on any atom is 0.340 e. The van der Waals surface area contributed by atoms with Crippen molar-refractivity contribution in [2.75, 3.05) is 44.8 Å². The fourth-order valence-corrected chi connectivity index (χ4v) is 5.70. The summed E-state index contributed by atoms with van der Waals surface area (Å²) in [6.07, 6.45) is 2.38. The Bertz CT molecular complexity index is 1770. The number of phenols is 2. The first kappa shape index (κ1) is 32.2. The average molecular weight is 658 g/mol. The highest BCUT2D eigenvalue weighted by molar-refractivity contribution is 6.13. The van der Waals surface area contributed by atoms with Gasteiger partial charge in [0.05, 0.1) is 38.4 Å². The highest BCUT2D eigenvalue weighted by atomic mass is 16.6. The fourth-order valence-electron chi connectivity index (χ4n) is 5.70. The standard InChI is InChI=1S/C34H31N3O11/c38-21-2-5-24-27(18-21)47-28-19-22(39)3-6-25(28)34(24)26-17-20(1-4-23(26)33(44)48-34)36-30(41)10-13-45-15-16-46-14-11-35-29(40)9-12-37-31(42)7-8-32(37)43/h1-8,17-19,38-39H,9-16H2,(H,35,40)(H,36,41). The second-order valence-corrected chi connectivity index (χ2v) is 11.1. The number of fused-ring (bicyclic) bond motifs is 6. The van der Waals surface area contributed by atoms with Gasteiger partial charge in [-0.2, -0.15) is 0 Å². The number of aromatic hydroxyl groups is 2. The molecule has 14 nitrogen and oxygen atoms in total. The van der Waals surface area contributed by atoms with Crippen LogP contribution in [0.1, 0.15) is 39.9 Å². The van der Waals surface area contributed by atoms with E-state index < -0.39 is 23.4 Å². The maximum absolute atomic E-state index is 13.1. The van der Waals surface area contributed by atoms with Crippen molar-refractivity contribution in [2.24, 2.45) is 0 Å². The Balaban J connectivity index is 0.976. The number of nitrogens with one attached hydrogen (secondary N) is 2. The molecule has 6 rings (SSSR count). The van der Waals surface area contributed by atoms with Gasteiger partial charge in [-0.3, -0.25) is 24.1 Å². The van der Waals surface area contributed by atoms with Gasteiger partial charge in [0.15, 0.2) is 5.60 Å². The second-order valence-electron chi connectivity index (χ2n) is 11.1. The minimum absolute atomic E-state index is 0.00375. The first-order valence-electron chi connectivity index (χ1n) is 15.1. The summed E-state index contributed by atoms with van der Waals surface area (Å²) in [7, 11) is 0. The highest BCUT2D eigenvalue weighted by Gasteiger charge is 2.53. The molecule has 48 heavy (non-hydrogen) atoms.